The van der Waals surface area contributed by atoms with Gasteiger partial charge in [-0.05, 0) is 25.1 Å². The second kappa shape index (κ2) is 5.96. The van der Waals surface area contributed by atoms with Gasteiger partial charge in [-0.3, -0.25) is 4.79 Å². The molecule has 122 valence electrons. The van der Waals surface area contributed by atoms with E-state index in [9.17, 15) is 4.79 Å². The van der Waals surface area contributed by atoms with E-state index in [2.05, 4.69) is 10.3 Å². The summed E-state index contributed by atoms with van der Waals surface area (Å²) < 4.78 is 7.47. The lowest BCUT2D eigenvalue weighted by Crippen LogP contribution is -2.41. The Balaban J connectivity index is 1.59. The number of benzene rings is 2. The first-order valence-electron chi connectivity index (χ1n) is 8.01. The van der Waals surface area contributed by atoms with Gasteiger partial charge in [0.15, 0.2) is 0 Å². The van der Waals surface area contributed by atoms with Crippen LogP contribution in [0.5, 0.6) is 5.75 Å². The van der Waals surface area contributed by atoms with Crippen LogP contribution in [-0.2, 0) is 17.9 Å². The van der Waals surface area contributed by atoms with Gasteiger partial charge in [0.2, 0.25) is 5.91 Å². The molecule has 0 saturated heterocycles. The van der Waals surface area contributed by atoms with Crippen molar-refractivity contribution in [1.82, 2.24) is 19.9 Å². The van der Waals surface area contributed by atoms with Gasteiger partial charge in [0.05, 0.1) is 11.6 Å². The SMILES string of the molecule is C[C@H]1COc2ccccc2CN1C(=O)Cn1nnc2ccccc21. The van der Waals surface area contributed by atoms with Crippen molar-refractivity contribution >= 4 is 16.9 Å². The molecule has 0 N–H and O–H groups in total. The molecule has 0 bridgehead atoms. The minimum Gasteiger partial charge on any atom is -0.491 e. The van der Waals surface area contributed by atoms with Crippen LogP contribution in [-0.4, -0.2) is 38.4 Å². The molecular formula is C18H18N4O2. The molecule has 24 heavy (non-hydrogen) atoms. The number of hydrogen-bond acceptors (Lipinski definition) is 4. The summed E-state index contributed by atoms with van der Waals surface area (Å²) in [6.07, 6.45) is 0. The van der Waals surface area contributed by atoms with Crippen LogP contribution in [0.3, 0.4) is 0 Å². The molecule has 2 heterocycles. The summed E-state index contributed by atoms with van der Waals surface area (Å²) in [6, 6.07) is 15.5. The fraction of sp³-hybridized carbons (Fsp3) is 0.278. The molecule has 0 fully saturated rings. The topological polar surface area (TPSA) is 60.2 Å². The Labute approximate surface area is 139 Å². The fourth-order valence-electron chi connectivity index (χ4n) is 3.00. The predicted octanol–water partition coefficient (Wildman–Crippen LogP) is 2.24. The van der Waals surface area contributed by atoms with Crippen molar-refractivity contribution in [2.24, 2.45) is 0 Å². The van der Waals surface area contributed by atoms with Crippen molar-refractivity contribution in [3.63, 3.8) is 0 Å². The smallest absolute Gasteiger partial charge is 0.245 e. The highest BCUT2D eigenvalue weighted by Crippen LogP contribution is 2.25. The second-order valence-corrected chi connectivity index (χ2v) is 6.03. The Morgan fingerprint density at radius 1 is 1.21 bits per heavy atom. The number of nitrogens with zero attached hydrogens (tertiary/aromatic N) is 4. The highest BCUT2D eigenvalue weighted by molar-refractivity contribution is 5.80. The molecule has 6 heteroatoms. The Kier molecular flexibility index (Phi) is 3.65. The van der Waals surface area contributed by atoms with Gasteiger partial charge in [0.1, 0.15) is 24.4 Å². The molecule has 4 rings (SSSR count). The van der Waals surface area contributed by atoms with Gasteiger partial charge in [-0.2, -0.15) is 0 Å². The first kappa shape index (κ1) is 14.7. The van der Waals surface area contributed by atoms with E-state index >= 15 is 0 Å². The van der Waals surface area contributed by atoms with Gasteiger partial charge < -0.3 is 9.64 Å². The molecule has 1 amide bonds. The molecule has 0 unspecified atom stereocenters. The number of carbonyl (C=O) groups excluding carboxylic acids is 1. The molecule has 2 aromatic carbocycles. The maximum absolute atomic E-state index is 12.9. The van der Waals surface area contributed by atoms with Gasteiger partial charge in [-0.25, -0.2) is 4.68 Å². The van der Waals surface area contributed by atoms with Crippen molar-refractivity contribution in [2.75, 3.05) is 6.61 Å². The van der Waals surface area contributed by atoms with Crippen molar-refractivity contribution < 1.29 is 9.53 Å². The van der Waals surface area contributed by atoms with Gasteiger partial charge in [0, 0.05) is 12.1 Å². The molecule has 0 aliphatic carbocycles. The van der Waals surface area contributed by atoms with Gasteiger partial charge >= 0.3 is 0 Å². The summed E-state index contributed by atoms with van der Waals surface area (Å²) in [5, 5.41) is 8.22. The number of fused-ring (bicyclic) bond motifs is 2. The van der Waals surface area contributed by atoms with Crippen LogP contribution in [0.25, 0.3) is 11.0 Å². The molecule has 6 nitrogen and oxygen atoms in total. The number of ether oxygens (including phenoxy) is 1. The molecule has 1 aliphatic rings. The van der Waals surface area contributed by atoms with Crippen LogP contribution in [0.1, 0.15) is 12.5 Å². The third-order valence-electron chi connectivity index (χ3n) is 4.35. The number of para-hydroxylation sites is 2. The number of carbonyl (C=O) groups is 1. The number of rotatable bonds is 2. The van der Waals surface area contributed by atoms with E-state index in [4.69, 9.17) is 4.74 Å². The van der Waals surface area contributed by atoms with Crippen LogP contribution in [0.15, 0.2) is 48.5 Å². The first-order valence-corrected chi connectivity index (χ1v) is 8.01. The van der Waals surface area contributed by atoms with E-state index in [1.54, 1.807) is 4.68 Å². The molecular weight excluding hydrogens is 304 g/mol. The number of aromatic nitrogens is 3. The molecule has 1 aliphatic heterocycles. The fourth-order valence-corrected chi connectivity index (χ4v) is 3.00. The van der Waals surface area contributed by atoms with Crippen LogP contribution < -0.4 is 4.74 Å². The van der Waals surface area contributed by atoms with Crippen LogP contribution >= 0.6 is 0 Å². The van der Waals surface area contributed by atoms with Crippen molar-refractivity contribution in [3.05, 3.63) is 54.1 Å². The number of hydrogen-bond donors (Lipinski definition) is 0. The predicted molar refractivity (Wildman–Crippen MR) is 89.5 cm³/mol. The van der Waals surface area contributed by atoms with E-state index in [0.717, 1.165) is 22.3 Å². The minimum atomic E-state index is -0.000291. The van der Waals surface area contributed by atoms with Crippen molar-refractivity contribution in [1.29, 1.82) is 0 Å². The lowest BCUT2D eigenvalue weighted by atomic mass is 10.2. The van der Waals surface area contributed by atoms with Gasteiger partial charge in [-0.15, -0.1) is 5.10 Å². The minimum absolute atomic E-state index is 0.000291. The molecule has 0 radical (unpaired) electrons. The van der Waals surface area contributed by atoms with Gasteiger partial charge in [0.25, 0.3) is 0 Å². The summed E-state index contributed by atoms with van der Waals surface area (Å²) in [6.45, 7) is 3.21. The monoisotopic (exact) mass is 322 g/mol. The van der Waals surface area contributed by atoms with E-state index in [1.165, 1.54) is 0 Å². The lowest BCUT2D eigenvalue weighted by molar-refractivity contribution is -0.135. The normalized spacial score (nSPS) is 17.2. The maximum Gasteiger partial charge on any atom is 0.245 e. The average molecular weight is 322 g/mol. The highest BCUT2D eigenvalue weighted by atomic mass is 16.5. The Hall–Kier alpha value is -2.89. The van der Waals surface area contributed by atoms with E-state index < -0.39 is 0 Å². The van der Waals surface area contributed by atoms with Crippen molar-refractivity contribution in [2.45, 2.75) is 26.1 Å². The average Bonchev–Trinajstić information content (AvgIpc) is 2.92. The summed E-state index contributed by atoms with van der Waals surface area (Å²) in [7, 11) is 0. The van der Waals surface area contributed by atoms with E-state index in [0.29, 0.717) is 13.2 Å². The second-order valence-electron chi connectivity index (χ2n) is 6.03. The van der Waals surface area contributed by atoms with Crippen LogP contribution in [0.2, 0.25) is 0 Å². The van der Waals surface area contributed by atoms with Gasteiger partial charge in [-0.1, -0.05) is 35.5 Å². The standard InChI is InChI=1S/C18H18N4O2/c1-13-12-24-17-9-5-2-6-14(17)10-21(13)18(23)11-22-16-8-4-3-7-15(16)19-20-22/h2-9,13H,10-12H2,1H3/t13-/m0/s1. The largest absolute Gasteiger partial charge is 0.491 e. The van der Waals surface area contributed by atoms with Crippen LogP contribution in [0.4, 0.5) is 0 Å². The molecule has 0 saturated carbocycles. The highest BCUT2D eigenvalue weighted by Gasteiger charge is 2.26. The van der Waals surface area contributed by atoms with Crippen LogP contribution in [0, 0.1) is 0 Å². The molecule has 3 aromatic rings. The third-order valence-corrected chi connectivity index (χ3v) is 4.35. The zero-order chi connectivity index (χ0) is 16.5. The summed E-state index contributed by atoms with van der Waals surface area (Å²) >= 11 is 0. The quantitative estimate of drug-likeness (QED) is 0.726. The molecule has 1 atom stereocenters. The summed E-state index contributed by atoms with van der Waals surface area (Å²) in [4.78, 5) is 14.7. The lowest BCUT2D eigenvalue weighted by Gasteiger charge is -2.26. The van der Waals surface area contributed by atoms with Crippen molar-refractivity contribution in [3.8, 4) is 5.75 Å². The molecule has 1 aromatic heterocycles. The zero-order valence-corrected chi connectivity index (χ0v) is 13.4. The summed E-state index contributed by atoms with van der Waals surface area (Å²) in [5.41, 5.74) is 2.69. The Morgan fingerprint density at radius 2 is 2.00 bits per heavy atom. The first-order chi connectivity index (χ1) is 11.7. The third kappa shape index (κ3) is 2.60. The van der Waals surface area contributed by atoms with E-state index in [1.807, 2.05) is 60.4 Å². The number of amides is 1. The maximum atomic E-state index is 12.9. The Morgan fingerprint density at radius 3 is 2.92 bits per heavy atom. The molecule has 0 spiro atoms. The summed E-state index contributed by atoms with van der Waals surface area (Å²) in [5.74, 6) is 0.865. The van der Waals surface area contributed by atoms with E-state index in [-0.39, 0.29) is 18.5 Å². The Bertz CT molecular complexity index is 889. The zero-order valence-electron chi connectivity index (χ0n) is 13.4.